The molecule has 0 saturated carbocycles. The van der Waals surface area contributed by atoms with Crippen molar-refractivity contribution >= 4 is 24.0 Å². The van der Waals surface area contributed by atoms with Gasteiger partial charge in [-0.1, -0.05) is 11.3 Å². The van der Waals surface area contributed by atoms with Gasteiger partial charge in [0.25, 0.3) is 0 Å². The number of piperazine rings is 1. The van der Waals surface area contributed by atoms with E-state index in [2.05, 4.69) is 25.2 Å². The Bertz CT molecular complexity index is 1260. The van der Waals surface area contributed by atoms with Crippen LogP contribution in [0.2, 0.25) is 0 Å². The zero-order valence-corrected chi connectivity index (χ0v) is 19.7. The van der Waals surface area contributed by atoms with Crippen LogP contribution in [0.25, 0.3) is 0 Å². The van der Waals surface area contributed by atoms with Gasteiger partial charge >= 0.3 is 5.97 Å². The number of ether oxygens (including phenoxy) is 2. The van der Waals surface area contributed by atoms with Crippen LogP contribution in [0.5, 0.6) is 0 Å². The molecule has 3 unspecified atom stereocenters. The Kier molecular flexibility index (Phi) is 5.94. The second-order valence-electron chi connectivity index (χ2n) is 9.56. The van der Waals surface area contributed by atoms with E-state index in [-0.39, 0.29) is 29.9 Å². The van der Waals surface area contributed by atoms with E-state index in [1.807, 2.05) is 29.2 Å². The highest BCUT2D eigenvalue weighted by molar-refractivity contribution is 5.93. The summed E-state index contributed by atoms with van der Waals surface area (Å²) < 4.78 is 11.4. The van der Waals surface area contributed by atoms with Crippen LogP contribution in [-0.2, 0) is 27.3 Å². The predicted molar refractivity (Wildman–Crippen MR) is 129 cm³/mol. The number of morpholine rings is 1. The summed E-state index contributed by atoms with van der Waals surface area (Å²) in [7, 11) is 0. The fraction of sp³-hybridized carbons (Fsp3) is 0.440. The first-order valence-electron chi connectivity index (χ1n) is 12.2. The molecule has 2 aromatic rings. The Morgan fingerprint density at radius 1 is 1.19 bits per heavy atom. The number of pyridine rings is 1. The molecular weight excluding hydrogens is 462 g/mol. The quantitative estimate of drug-likeness (QED) is 0.173. The third-order valence-electron chi connectivity index (χ3n) is 7.58. The third-order valence-corrected chi connectivity index (χ3v) is 7.58. The van der Waals surface area contributed by atoms with Crippen LogP contribution in [0, 0.1) is 0 Å². The lowest BCUT2D eigenvalue weighted by Crippen LogP contribution is -2.60. The van der Waals surface area contributed by atoms with Crippen LogP contribution in [0.15, 0.2) is 45.8 Å². The Morgan fingerprint density at radius 2 is 2.11 bits per heavy atom. The van der Waals surface area contributed by atoms with E-state index in [4.69, 9.17) is 15.3 Å². The molecule has 11 nitrogen and oxygen atoms in total. The number of aromatic nitrogens is 1. The number of hydrogen-bond acceptors (Lipinski definition) is 8. The van der Waals surface area contributed by atoms with Crippen molar-refractivity contribution in [2.24, 2.45) is 21.2 Å². The molecule has 4 aliphatic rings. The zero-order valence-electron chi connectivity index (χ0n) is 19.7. The summed E-state index contributed by atoms with van der Waals surface area (Å²) in [5, 5.41) is 6.66. The summed E-state index contributed by atoms with van der Waals surface area (Å²) in [6.07, 6.45) is 4.56. The van der Waals surface area contributed by atoms with E-state index in [9.17, 15) is 9.59 Å². The van der Waals surface area contributed by atoms with Gasteiger partial charge in [-0.15, -0.1) is 5.11 Å². The van der Waals surface area contributed by atoms with Crippen LogP contribution < -0.4 is 5.84 Å². The molecule has 0 radical (unpaired) electrons. The number of nitrogens with two attached hydrogens (primary N) is 1. The molecule has 11 heteroatoms. The third kappa shape index (κ3) is 4.14. The van der Waals surface area contributed by atoms with E-state index in [0.29, 0.717) is 37.7 Å². The topological polar surface area (TPSA) is 135 Å². The summed E-state index contributed by atoms with van der Waals surface area (Å²) in [4.78, 5) is 38.1. The van der Waals surface area contributed by atoms with Gasteiger partial charge < -0.3 is 20.2 Å². The van der Waals surface area contributed by atoms with Gasteiger partial charge in [-0.05, 0) is 47.7 Å². The Hall–Kier alpha value is -3.70. The van der Waals surface area contributed by atoms with Gasteiger partial charge in [0, 0.05) is 37.9 Å². The monoisotopic (exact) mass is 489 g/mol. The van der Waals surface area contributed by atoms with Gasteiger partial charge in [0.05, 0.1) is 30.2 Å². The first kappa shape index (κ1) is 22.7. The van der Waals surface area contributed by atoms with E-state index in [0.717, 1.165) is 48.2 Å². The number of aliphatic imine (C=N–C) groups is 1. The van der Waals surface area contributed by atoms with Crippen LogP contribution in [0.4, 0.5) is 5.82 Å². The highest BCUT2D eigenvalue weighted by atomic mass is 16.5. The second-order valence-corrected chi connectivity index (χ2v) is 9.56. The van der Waals surface area contributed by atoms with Gasteiger partial charge in [-0.2, -0.15) is 0 Å². The second kappa shape index (κ2) is 9.40. The maximum Gasteiger partial charge on any atom is 0.338 e. The Morgan fingerprint density at radius 3 is 3.00 bits per heavy atom. The molecule has 1 aromatic heterocycles. The zero-order chi connectivity index (χ0) is 24.6. The average Bonchev–Trinajstić information content (AvgIpc) is 3.50. The molecule has 2 N–H and O–H groups in total. The predicted octanol–water partition coefficient (Wildman–Crippen LogP) is 2.05. The molecule has 1 aromatic carbocycles. The Labute approximate surface area is 208 Å². The molecule has 4 heterocycles. The fourth-order valence-corrected chi connectivity index (χ4v) is 5.68. The highest BCUT2D eigenvalue weighted by Gasteiger charge is 2.39. The molecule has 36 heavy (non-hydrogen) atoms. The fourth-order valence-electron chi connectivity index (χ4n) is 5.68. The Balaban J connectivity index is 1.09. The smallest absolute Gasteiger partial charge is 0.338 e. The molecule has 1 aliphatic carbocycles. The average molecular weight is 490 g/mol. The minimum atomic E-state index is -0.258. The SMILES string of the molecule is NN=NC=Nc1cc2c(cn1)C(C(=O)N1CCN3CC(c4ccc5c(c4)COC5=O)OCC3C1)CC2. The molecule has 2 fully saturated rings. The maximum absolute atomic E-state index is 13.5. The number of fused-ring (bicyclic) bond motifs is 3. The van der Waals surface area contributed by atoms with E-state index in [1.54, 1.807) is 6.20 Å². The summed E-state index contributed by atoms with van der Waals surface area (Å²) >= 11 is 0. The largest absolute Gasteiger partial charge is 0.457 e. The molecule has 2 saturated heterocycles. The van der Waals surface area contributed by atoms with E-state index in [1.165, 1.54) is 6.34 Å². The van der Waals surface area contributed by atoms with Crippen LogP contribution >= 0.6 is 0 Å². The normalized spacial score (nSPS) is 25.7. The number of benzene rings is 1. The summed E-state index contributed by atoms with van der Waals surface area (Å²) in [6.45, 7) is 3.82. The standard InChI is InChI=1S/C25H27N7O4/c26-30-29-14-28-23-8-15-1-4-20(21(15)9-27-23)24(33)32-6-5-31-11-22(35-13-18(31)10-32)16-2-3-19-17(7-16)12-36-25(19)34/h2-3,7-9,14,18,20,22H,1,4-6,10-13H2,(H2,26,27,28,29). The van der Waals surface area contributed by atoms with Crippen molar-refractivity contribution in [2.45, 2.75) is 37.5 Å². The van der Waals surface area contributed by atoms with Crippen molar-refractivity contribution in [3.63, 3.8) is 0 Å². The number of amides is 1. The van der Waals surface area contributed by atoms with Crippen molar-refractivity contribution < 1.29 is 19.1 Å². The molecule has 0 bridgehead atoms. The number of hydrogen-bond donors (Lipinski definition) is 1. The molecular formula is C25H27N7O4. The van der Waals surface area contributed by atoms with Crippen LogP contribution in [0.1, 0.15) is 51.1 Å². The molecule has 3 atom stereocenters. The molecule has 3 aliphatic heterocycles. The highest BCUT2D eigenvalue weighted by Crippen LogP contribution is 2.37. The lowest BCUT2D eigenvalue weighted by Gasteiger charge is -2.46. The summed E-state index contributed by atoms with van der Waals surface area (Å²) in [5.74, 6) is 5.24. The van der Waals surface area contributed by atoms with Crippen molar-refractivity contribution in [3.05, 3.63) is 58.3 Å². The van der Waals surface area contributed by atoms with Gasteiger partial charge in [0.15, 0.2) is 5.82 Å². The lowest BCUT2D eigenvalue weighted by molar-refractivity contribution is -0.141. The van der Waals surface area contributed by atoms with Crippen molar-refractivity contribution in [1.29, 1.82) is 0 Å². The maximum atomic E-state index is 13.5. The first-order chi connectivity index (χ1) is 17.6. The molecule has 0 spiro atoms. The first-order valence-corrected chi connectivity index (χ1v) is 12.2. The summed E-state index contributed by atoms with van der Waals surface area (Å²) in [6, 6.07) is 7.89. The number of aryl methyl sites for hydroxylation is 1. The molecule has 186 valence electrons. The van der Waals surface area contributed by atoms with Crippen LogP contribution in [0.3, 0.4) is 0 Å². The van der Waals surface area contributed by atoms with Crippen molar-refractivity contribution in [2.75, 3.05) is 32.8 Å². The molecule has 1 amide bonds. The number of nitrogens with zero attached hydrogens (tertiary/aromatic N) is 6. The number of esters is 1. The van der Waals surface area contributed by atoms with Crippen molar-refractivity contribution in [1.82, 2.24) is 14.8 Å². The van der Waals surface area contributed by atoms with Gasteiger partial charge in [0.1, 0.15) is 12.9 Å². The van der Waals surface area contributed by atoms with E-state index >= 15 is 0 Å². The number of carbonyl (C=O) groups is 2. The minimum absolute atomic E-state index is 0.0551. The van der Waals surface area contributed by atoms with Crippen molar-refractivity contribution in [3.8, 4) is 0 Å². The molecule has 6 rings (SSSR count). The van der Waals surface area contributed by atoms with Gasteiger partial charge in [-0.3, -0.25) is 9.69 Å². The van der Waals surface area contributed by atoms with Gasteiger partial charge in [0.2, 0.25) is 5.91 Å². The van der Waals surface area contributed by atoms with E-state index < -0.39 is 0 Å². The minimum Gasteiger partial charge on any atom is -0.457 e. The lowest BCUT2D eigenvalue weighted by atomic mass is 9.98. The summed E-state index contributed by atoms with van der Waals surface area (Å²) in [5.41, 5.74) is 4.72. The van der Waals surface area contributed by atoms with Crippen LogP contribution in [-0.4, -0.2) is 71.8 Å². The number of carbonyl (C=O) groups excluding carboxylic acids is 2. The number of cyclic esters (lactones) is 1. The van der Waals surface area contributed by atoms with Gasteiger partial charge in [-0.25, -0.2) is 14.8 Å². The number of rotatable bonds is 4.